The van der Waals surface area contributed by atoms with Crippen molar-refractivity contribution in [1.29, 1.82) is 0 Å². The summed E-state index contributed by atoms with van der Waals surface area (Å²) in [4.78, 5) is 17.3. The van der Waals surface area contributed by atoms with E-state index in [4.69, 9.17) is 4.74 Å². The predicted molar refractivity (Wildman–Crippen MR) is 99.0 cm³/mol. The van der Waals surface area contributed by atoms with Crippen molar-refractivity contribution in [2.75, 3.05) is 6.61 Å². The molecule has 0 radical (unpaired) electrons. The van der Waals surface area contributed by atoms with Crippen molar-refractivity contribution >= 4 is 11.6 Å². The van der Waals surface area contributed by atoms with Gasteiger partial charge in [-0.15, -0.1) is 0 Å². The Balaban J connectivity index is 1.60. The molecular weight excluding hydrogens is 314 g/mol. The van der Waals surface area contributed by atoms with Gasteiger partial charge < -0.3 is 14.5 Å². The third kappa shape index (κ3) is 4.21. The molecule has 25 heavy (non-hydrogen) atoms. The van der Waals surface area contributed by atoms with E-state index >= 15 is 0 Å². The highest BCUT2D eigenvalue weighted by Crippen LogP contribution is 2.23. The zero-order valence-electron chi connectivity index (χ0n) is 15.7. The molecular formula is C20H29N3O2. The SMILES string of the molecule is Cc1cc(C)n2ccc(C(=O)NC3CCC(OCC(C)C)CC3)c2n1. The molecule has 2 aromatic heterocycles. The maximum Gasteiger partial charge on any atom is 0.255 e. The molecule has 5 heteroatoms. The fraction of sp³-hybridized carbons (Fsp3) is 0.600. The van der Waals surface area contributed by atoms with Crippen LogP contribution in [0.2, 0.25) is 0 Å². The molecule has 0 saturated heterocycles. The monoisotopic (exact) mass is 343 g/mol. The number of hydrogen-bond acceptors (Lipinski definition) is 3. The Morgan fingerprint density at radius 2 is 2.04 bits per heavy atom. The van der Waals surface area contributed by atoms with Crippen LogP contribution in [0.15, 0.2) is 18.3 Å². The molecule has 136 valence electrons. The average molecular weight is 343 g/mol. The van der Waals surface area contributed by atoms with E-state index in [2.05, 4.69) is 24.1 Å². The molecule has 1 saturated carbocycles. The Bertz CT molecular complexity index is 743. The zero-order valence-corrected chi connectivity index (χ0v) is 15.7. The van der Waals surface area contributed by atoms with Crippen LogP contribution >= 0.6 is 0 Å². The number of fused-ring (bicyclic) bond motifs is 1. The summed E-state index contributed by atoms with van der Waals surface area (Å²) in [5, 5.41) is 3.19. The van der Waals surface area contributed by atoms with Gasteiger partial charge in [-0.25, -0.2) is 4.98 Å². The second-order valence-corrected chi connectivity index (χ2v) is 7.64. The Labute approximate surface area is 149 Å². The number of carbonyl (C=O) groups excluding carboxylic acids is 1. The number of ether oxygens (including phenoxy) is 1. The highest BCUT2D eigenvalue weighted by atomic mass is 16.5. The number of nitrogens with one attached hydrogen (secondary N) is 1. The van der Waals surface area contributed by atoms with Gasteiger partial charge in [0.2, 0.25) is 0 Å². The lowest BCUT2D eigenvalue weighted by molar-refractivity contribution is 0.00860. The van der Waals surface area contributed by atoms with Gasteiger partial charge in [-0.3, -0.25) is 4.79 Å². The summed E-state index contributed by atoms with van der Waals surface area (Å²) in [6, 6.07) is 4.11. The molecule has 5 nitrogen and oxygen atoms in total. The number of aryl methyl sites for hydroxylation is 2. The van der Waals surface area contributed by atoms with Gasteiger partial charge in [-0.1, -0.05) is 13.8 Å². The summed E-state index contributed by atoms with van der Waals surface area (Å²) in [6.07, 6.45) is 6.26. The van der Waals surface area contributed by atoms with Gasteiger partial charge in [-0.05, 0) is 57.6 Å². The Kier molecular flexibility index (Phi) is 5.42. The van der Waals surface area contributed by atoms with Crippen LogP contribution in [0.3, 0.4) is 0 Å². The maximum atomic E-state index is 12.7. The van der Waals surface area contributed by atoms with Crippen LogP contribution in [-0.2, 0) is 4.74 Å². The maximum absolute atomic E-state index is 12.7. The molecule has 1 amide bonds. The van der Waals surface area contributed by atoms with Gasteiger partial charge in [0.05, 0.1) is 11.7 Å². The van der Waals surface area contributed by atoms with E-state index in [-0.39, 0.29) is 11.9 Å². The van der Waals surface area contributed by atoms with Gasteiger partial charge >= 0.3 is 0 Å². The van der Waals surface area contributed by atoms with Crippen molar-refractivity contribution in [2.24, 2.45) is 5.92 Å². The second kappa shape index (κ2) is 7.56. The number of rotatable bonds is 5. The minimum Gasteiger partial charge on any atom is -0.378 e. The highest BCUT2D eigenvalue weighted by Gasteiger charge is 2.24. The van der Waals surface area contributed by atoms with Crippen molar-refractivity contribution in [3.8, 4) is 0 Å². The van der Waals surface area contributed by atoms with Gasteiger partial charge in [0.1, 0.15) is 5.65 Å². The van der Waals surface area contributed by atoms with Gasteiger partial charge in [0, 0.05) is 30.2 Å². The standard InChI is InChI=1S/C20H29N3O2/c1-13(2)12-25-17-7-5-16(6-8-17)22-20(24)18-9-10-23-15(4)11-14(3)21-19(18)23/h9-11,13,16-17H,5-8,12H2,1-4H3,(H,22,24). The van der Waals surface area contributed by atoms with E-state index in [9.17, 15) is 4.79 Å². The van der Waals surface area contributed by atoms with Crippen LogP contribution in [-0.4, -0.2) is 34.0 Å². The van der Waals surface area contributed by atoms with Crippen LogP contribution in [0.1, 0.15) is 61.3 Å². The summed E-state index contributed by atoms with van der Waals surface area (Å²) in [5.74, 6) is 0.548. The molecule has 2 aromatic rings. The molecule has 0 atom stereocenters. The first-order valence-corrected chi connectivity index (χ1v) is 9.32. The summed E-state index contributed by atoms with van der Waals surface area (Å²) >= 11 is 0. The first-order chi connectivity index (χ1) is 11.9. The molecule has 1 fully saturated rings. The molecule has 1 aliphatic carbocycles. The fourth-order valence-corrected chi connectivity index (χ4v) is 3.54. The highest BCUT2D eigenvalue weighted by molar-refractivity contribution is 6.00. The quantitative estimate of drug-likeness (QED) is 0.901. The molecule has 0 bridgehead atoms. The zero-order chi connectivity index (χ0) is 18.0. The third-order valence-corrected chi connectivity index (χ3v) is 4.86. The van der Waals surface area contributed by atoms with Crippen LogP contribution in [0.4, 0.5) is 0 Å². The first kappa shape index (κ1) is 17.9. The lowest BCUT2D eigenvalue weighted by atomic mass is 9.92. The van der Waals surface area contributed by atoms with Crippen molar-refractivity contribution in [1.82, 2.24) is 14.7 Å². The Morgan fingerprint density at radius 3 is 2.72 bits per heavy atom. The normalized spacial score (nSPS) is 21.0. The van der Waals surface area contributed by atoms with Crippen LogP contribution in [0, 0.1) is 19.8 Å². The smallest absolute Gasteiger partial charge is 0.255 e. The number of carbonyl (C=O) groups is 1. The minimum atomic E-state index is -0.0217. The van der Waals surface area contributed by atoms with Crippen molar-refractivity contribution < 1.29 is 9.53 Å². The molecule has 1 aliphatic rings. The van der Waals surface area contributed by atoms with Gasteiger partial charge in [-0.2, -0.15) is 0 Å². The number of aromatic nitrogens is 2. The Hall–Kier alpha value is -1.88. The lowest BCUT2D eigenvalue weighted by Crippen LogP contribution is -2.39. The fourth-order valence-electron chi connectivity index (χ4n) is 3.54. The van der Waals surface area contributed by atoms with Crippen LogP contribution in [0.25, 0.3) is 5.65 Å². The summed E-state index contributed by atoms with van der Waals surface area (Å²) in [5.41, 5.74) is 3.42. The largest absolute Gasteiger partial charge is 0.378 e. The van der Waals surface area contributed by atoms with E-state index in [1.807, 2.05) is 36.6 Å². The third-order valence-electron chi connectivity index (χ3n) is 4.86. The van der Waals surface area contributed by atoms with E-state index < -0.39 is 0 Å². The Morgan fingerprint density at radius 1 is 1.32 bits per heavy atom. The average Bonchev–Trinajstić information content (AvgIpc) is 2.98. The first-order valence-electron chi connectivity index (χ1n) is 9.32. The minimum absolute atomic E-state index is 0.0217. The molecule has 1 N–H and O–H groups in total. The molecule has 2 heterocycles. The predicted octanol–water partition coefficient (Wildman–Crippen LogP) is 3.66. The summed E-state index contributed by atoms with van der Waals surface area (Å²) < 4.78 is 7.90. The molecule has 0 spiro atoms. The number of nitrogens with zero attached hydrogens (tertiary/aromatic N) is 2. The van der Waals surface area contributed by atoms with Gasteiger partial charge in [0.25, 0.3) is 5.91 Å². The van der Waals surface area contributed by atoms with Crippen molar-refractivity contribution in [2.45, 2.75) is 65.5 Å². The van der Waals surface area contributed by atoms with Crippen molar-refractivity contribution in [3.63, 3.8) is 0 Å². The lowest BCUT2D eigenvalue weighted by Gasteiger charge is -2.29. The summed E-state index contributed by atoms with van der Waals surface area (Å²) in [7, 11) is 0. The van der Waals surface area contributed by atoms with Crippen LogP contribution < -0.4 is 5.32 Å². The molecule has 0 unspecified atom stereocenters. The van der Waals surface area contributed by atoms with E-state index in [0.717, 1.165) is 49.3 Å². The van der Waals surface area contributed by atoms with Gasteiger partial charge in [0.15, 0.2) is 0 Å². The van der Waals surface area contributed by atoms with E-state index in [0.29, 0.717) is 17.6 Å². The summed E-state index contributed by atoms with van der Waals surface area (Å²) in [6.45, 7) is 9.15. The number of hydrogen-bond donors (Lipinski definition) is 1. The molecule has 0 aliphatic heterocycles. The van der Waals surface area contributed by atoms with E-state index in [1.165, 1.54) is 0 Å². The molecule has 0 aromatic carbocycles. The molecule has 3 rings (SSSR count). The van der Waals surface area contributed by atoms with E-state index in [1.54, 1.807) is 0 Å². The van der Waals surface area contributed by atoms with Crippen LogP contribution in [0.5, 0.6) is 0 Å². The second-order valence-electron chi connectivity index (χ2n) is 7.64. The topological polar surface area (TPSA) is 55.6 Å². The van der Waals surface area contributed by atoms with Crippen molar-refractivity contribution in [3.05, 3.63) is 35.3 Å². The number of amides is 1.